The predicted molar refractivity (Wildman–Crippen MR) is 325 cm³/mol. The van der Waals surface area contributed by atoms with Gasteiger partial charge in [0, 0.05) is 19.3 Å². The number of carbonyl (C=O) groups is 3. The van der Waals surface area contributed by atoms with Crippen molar-refractivity contribution in [2.75, 3.05) is 13.2 Å². The summed E-state index contributed by atoms with van der Waals surface area (Å²) in [6, 6.07) is 0. The van der Waals surface area contributed by atoms with E-state index < -0.39 is 6.10 Å². The molecule has 430 valence electrons. The molecule has 0 fully saturated rings. The van der Waals surface area contributed by atoms with Crippen LogP contribution in [0.1, 0.15) is 303 Å². The van der Waals surface area contributed by atoms with Crippen molar-refractivity contribution < 1.29 is 28.6 Å². The fourth-order valence-electron chi connectivity index (χ4n) is 8.78. The van der Waals surface area contributed by atoms with Crippen LogP contribution in [0.5, 0.6) is 0 Å². The van der Waals surface area contributed by atoms with Gasteiger partial charge in [0.2, 0.25) is 0 Å². The zero-order chi connectivity index (χ0) is 54.3. The molecule has 0 heterocycles. The van der Waals surface area contributed by atoms with Gasteiger partial charge in [-0.25, -0.2) is 0 Å². The lowest BCUT2D eigenvalue weighted by Gasteiger charge is -2.18. The standard InChI is InChI=1S/C69H118O6/c1-4-7-10-13-16-19-22-24-26-28-30-31-32-33-34-35-36-37-39-40-42-44-47-50-53-56-59-62-68(71)74-65-66(64-73-67(70)61-58-55-52-49-46-21-18-15-12-9-6-3)75-69(72)63-60-57-54-51-48-45-43-41-38-29-27-25-23-20-17-14-11-8-5-2/h8,11,15,17-18,20,22,24-25,27-28,30,38,41,45,48,66H,4-7,9-10,12-14,16,19,21,23,26,29,31-37,39-40,42-44,46-47,49-65H2,1-3H3/b11-8-,18-15-,20-17-,24-22-,27-25-,30-28-,41-38-,48-45-. The summed E-state index contributed by atoms with van der Waals surface area (Å²) in [5.41, 5.74) is 0. The minimum atomic E-state index is -0.799. The smallest absolute Gasteiger partial charge is 0.306 e. The quantitative estimate of drug-likeness (QED) is 0.0261. The number of carbonyl (C=O) groups excluding carboxylic acids is 3. The second kappa shape index (κ2) is 62.9. The Labute approximate surface area is 464 Å². The zero-order valence-corrected chi connectivity index (χ0v) is 49.3. The molecule has 0 N–H and O–H groups in total. The lowest BCUT2D eigenvalue weighted by molar-refractivity contribution is -0.167. The average Bonchev–Trinajstić information content (AvgIpc) is 3.41. The van der Waals surface area contributed by atoms with E-state index in [0.717, 1.165) is 116 Å². The Hall–Kier alpha value is -3.67. The summed E-state index contributed by atoms with van der Waals surface area (Å²) >= 11 is 0. The van der Waals surface area contributed by atoms with Crippen LogP contribution in [0.2, 0.25) is 0 Å². The summed E-state index contributed by atoms with van der Waals surface area (Å²) < 4.78 is 16.9. The number of hydrogen-bond acceptors (Lipinski definition) is 6. The lowest BCUT2D eigenvalue weighted by Crippen LogP contribution is -2.30. The molecule has 1 atom stereocenters. The van der Waals surface area contributed by atoms with Gasteiger partial charge in [0.15, 0.2) is 6.10 Å². The summed E-state index contributed by atoms with van der Waals surface area (Å²) in [4.78, 5) is 38.2. The topological polar surface area (TPSA) is 78.9 Å². The Morgan fingerprint density at radius 3 is 0.880 bits per heavy atom. The van der Waals surface area contributed by atoms with Gasteiger partial charge < -0.3 is 14.2 Å². The van der Waals surface area contributed by atoms with Crippen molar-refractivity contribution in [3.05, 3.63) is 97.2 Å². The van der Waals surface area contributed by atoms with Crippen LogP contribution in [0.4, 0.5) is 0 Å². The molecule has 0 rings (SSSR count). The van der Waals surface area contributed by atoms with E-state index in [1.165, 1.54) is 148 Å². The molecule has 0 aromatic rings. The number of rotatable bonds is 57. The van der Waals surface area contributed by atoms with Crippen LogP contribution in [-0.4, -0.2) is 37.2 Å². The molecule has 0 saturated carbocycles. The van der Waals surface area contributed by atoms with Crippen molar-refractivity contribution in [1.82, 2.24) is 0 Å². The van der Waals surface area contributed by atoms with Crippen molar-refractivity contribution in [3.63, 3.8) is 0 Å². The molecule has 0 amide bonds. The molecular weight excluding hydrogens is 925 g/mol. The highest BCUT2D eigenvalue weighted by Gasteiger charge is 2.19. The highest BCUT2D eigenvalue weighted by molar-refractivity contribution is 5.71. The molecule has 0 aromatic heterocycles. The fraction of sp³-hybridized carbons (Fsp3) is 0.725. The number of ether oxygens (including phenoxy) is 3. The SMILES string of the molecule is CC/C=C\C/C=C\C/C=C\C/C=C\C/C=C\CCCCCC(=O)OC(COC(=O)CCCCCCC/C=C\CCCC)COC(=O)CCCCCCCCCCCCCCCCC/C=C\C/C=C\CCCCCCC. The molecule has 0 radical (unpaired) electrons. The molecule has 0 spiro atoms. The Balaban J connectivity index is 4.28. The molecule has 0 bridgehead atoms. The summed E-state index contributed by atoms with van der Waals surface area (Å²) in [6.45, 7) is 6.46. The molecule has 0 aliphatic heterocycles. The van der Waals surface area contributed by atoms with Gasteiger partial charge in [-0.3, -0.25) is 14.4 Å². The summed E-state index contributed by atoms with van der Waals surface area (Å²) in [6.07, 6.45) is 84.2. The first kappa shape index (κ1) is 71.3. The number of esters is 3. The third-order valence-electron chi connectivity index (χ3n) is 13.5. The van der Waals surface area contributed by atoms with Crippen molar-refractivity contribution >= 4 is 17.9 Å². The van der Waals surface area contributed by atoms with Crippen molar-refractivity contribution in [3.8, 4) is 0 Å². The molecule has 75 heavy (non-hydrogen) atoms. The second-order valence-corrected chi connectivity index (χ2v) is 20.9. The fourth-order valence-corrected chi connectivity index (χ4v) is 8.78. The van der Waals surface area contributed by atoms with Crippen LogP contribution in [0.25, 0.3) is 0 Å². The maximum absolute atomic E-state index is 12.9. The van der Waals surface area contributed by atoms with Crippen LogP contribution in [0, 0.1) is 0 Å². The number of unbranched alkanes of at least 4 members (excludes halogenated alkanes) is 30. The summed E-state index contributed by atoms with van der Waals surface area (Å²) in [5.74, 6) is -0.929. The first-order valence-electron chi connectivity index (χ1n) is 31.7. The summed E-state index contributed by atoms with van der Waals surface area (Å²) in [7, 11) is 0. The molecule has 6 heteroatoms. The first-order chi connectivity index (χ1) is 37.0. The van der Waals surface area contributed by atoms with E-state index in [9.17, 15) is 14.4 Å². The van der Waals surface area contributed by atoms with E-state index in [1.807, 2.05) is 0 Å². The van der Waals surface area contributed by atoms with Crippen LogP contribution in [0.15, 0.2) is 97.2 Å². The Morgan fingerprint density at radius 2 is 0.533 bits per heavy atom. The maximum atomic E-state index is 12.9. The molecular formula is C69H118O6. The third-order valence-corrected chi connectivity index (χ3v) is 13.5. The van der Waals surface area contributed by atoms with E-state index in [0.29, 0.717) is 12.8 Å². The van der Waals surface area contributed by atoms with Crippen LogP contribution in [-0.2, 0) is 28.6 Å². The lowest BCUT2D eigenvalue weighted by atomic mass is 10.0. The maximum Gasteiger partial charge on any atom is 0.306 e. The highest BCUT2D eigenvalue weighted by atomic mass is 16.6. The Bertz CT molecular complexity index is 1480. The first-order valence-corrected chi connectivity index (χ1v) is 31.7. The van der Waals surface area contributed by atoms with E-state index in [1.54, 1.807) is 0 Å². The van der Waals surface area contributed by atoms with Crippen LogP contribution >= 0.6 is 0 Å². The van der Waals surface area contributed by atoms with Gasteiger partial charge in [-0.05, 0) is 116 Å². The van der Waals surface area contributed by atoms with E-state index in [4.69, 9.17) is 14.2 Å². The molecule has 1 unspecified atom stereocenters. The predicted octanol–water partition coefficient (Wildman–Crippen LogP) is 21.7. The normalized spacial score (nSPS) is 12.7. The van der Waals surface area contributed by atoms with Crippen LogP contribution in [0.3, 0.4) is 0 Å². The van der Waals surface area contributed by atoms with Gasteiger partial charge in [0.25, 0.3) is 0 Å². The van der Waals surface area contributed by atoms with Gasteiger partial charge in [0.05, 0.1) is 0 Å². The van der Waals surface area contributed by atoms with E-state index in [-0.39, 0.29) is 37.5 Å². The van der Waals surface area contributed by atoms with Crippen molar-refractivity contribution in [2.45, 2.75) is 309 Å². The van der Waals surface area contributed by atoms with E-state index >= 15 is 0 Å². The Kier molecular flexibility index (Phi) is 59.8. The highest BCUT2D eigenvalue weighted by Crippen LogP contribution is 2.16. The number of hydrogen-bond donors (Lipinski definition) is 0. The third kappa shape index (κ3) is 61.1. The van der Waals surface area contributed by atoms with Gasteiger partial charge in [-0.15, -0.1) is 0 Å². The van der Waals surface area contributed by atoms with Gasteiger partial charge in [-0.2, -0.15) is 0 Å². The monoisotopic (exact) mass is 1040 g/mol. The van der Waals surface area contributed by atoms with Crippen molar-refractivity contribution in [2.24, 2.45) is 0 Å². The van der Waals surface area contributed by atoms with Crippen molar-refractivity contribution in [1.29, 1.82) is 0 Å². The van der Waals surface area contributed by atoms with Crippen LogP contribution < -0.4 is 0 Å². The second-order valence-electron chi connectivity index (χ2n) is 20.9. The Morgan fingerprint density at radius 1 is 0.280 bits per heavy atom. The molecule has 0 aliphatic rings. The summed E-state index contributed by atoms with van der Waals surface area (Å²) in [5, 5.41) is 0. The van der Waals surface area contributed by atoms with E-state index in [2.05, 4.69) is 118 Å². The molecule has 0 saturated heterocycles. The van der Waals surface area contributed by atoms with Gasteiger partial charge >= 0.3 is 17.9 Å². The average molecular weight is 1040 g/mol. The molecule has 0 aliphatic carbocycles. The number of allylic oxidation sites excluding steroid dienone is 16. The molecule has 0 aromatic carbocycles. The minimum Gasteiger partial charge on any atom is -0.462 e. The zero-order valence-electron chi connectivity index (χ0n) is 49.3. The minimum absolute atomic E-state index is 0.0928. The molecule has 6 nitrogen and oxygen atoms in total. The largest absolute Gasteiger partial charge is 0.462 e. The van der Waals surface area contributed by atoms with Gasteiger partial charge in [0.1, 0.15) is 13.2 Å². The van der Waals surface area contributed by atoms with Gasteiger partial charge in [-0.1, -0.05) is 266 Å².